The summed E-state index contributed by atoms with van der Waals surface area (Å²) in [6, 6.07) is 12.0. The Balaban J connectivity index is 1.87. The van der Waals surface area contributed by atoms with Crippen LogP contribution in [-0.4, -0.2) is 28.5 Å². The van der Waals surface area contributed by atoms with Gasteiger partial charge >= 0.3 is 0 Å². The molecule has 0 aliphatic rings. The van der Waals surface area contributed by atoms with E-state index < -0.39 is 16.7 Å². The Kier molecular flexibility index (Phi) is 8.04. The molecule has 0 aliphatic heterocycles. The summed E-state index contributed by atoms with van der Waals surface area (Å²) >= 11 is 4.96. The summed E-state index contributed by atoms with van der Waals surface area (Å²) in [4.78, 5) is 34.6. The average molecular weight is 416 g/mol. The molecular formula is C19H20N4O5S. The Hall–Kier alpha value is -3.53. The summed E-state index contributed by atoms with van der Waals surface area (Å²) in [5.74, 6) is -0.586. The molecule has 0 saturated carbocycles. The number of ether oxygens (including phenoxy) is 1. The van der Waals surface area contributed by atoms with E-state index in [1.165, 1.54) is 24.3 Å². The van der Waals surface area contributed by atoms with Gasteiger partial charge in [-0.1, -0.05) is 25.5 Å². The van der Waals surface area contributed by atoms with Crippen LogP contribution in [0.2, 0.25) is 0 Å². The number of carbonyl (C=O) groups excluding carboxylic acids is 2. The minimum absolute atomic E-state index is 0.141. The number of amides is 2. The number of benzene rings is 2. The number of nitrogens with zero attached hydrogens (tertiary/aromatic N) is 1. The van der Waals surface area contributed by atoms with E-state index in [0.29, 0.717) is 17.9 Å². The largest absolute Gasteiger partial charge is 0.494 e. The second-order valence-electron chi connectivity index (χ2n) is 5.86. The predicted molar refractivity (Wildman–Crippen MR) is 111 cm³/mol. The van der Waals surface area contributed by atoms with Gasteiger partial charge in [0.2, 0.25) is 0 Å². The van der Waals surface area contributed by atoms with E-state index in [2.05, 4.69) is 23.1 Å². The van der Waals surface area contributed by atoms with Crippen molar-refractivity contribution >= 4 is 34.8 Å². The standard InChI is InChI=1S/C19H20N4O5S/c1-2-3-12-28-14-10-8-13(9-11-14)17(24)20-19(29)22-21-18(25)15-6-4-5-7-16(15)23(26)27/h4-11H,2-3,12H2,1H3,(H,21,25)(H2,20,22,24,29). The first-order valence-electron chi connectivity index (χ1n) is 8.80. The summed E-state index contributed by atoms with van der Waals surface area (Å²) < 4.78 is 5.53. The lowest BCUT2D eigenvalue weighted by molar-refractivity contribution is -0.385. The Bertz CT molecular complexity index is 902. The molecule has 9 nitrogen and oxygen atoms in total. The third-order valence-electron chi connectivity index (χ3n) is 3.75. The number of para-hydroxylation sites is 1. The predicted octanol–water partition coefficient (Wildman–Crippen LogP) is 2.72. The number of hydrazine groups is 1. The number of hydrogen-bond acceptors (Lipinski definition) is 6. The molecular weight excluding hydrogens is 396 g/mol. The zero-order valence-corrected chi connectivity index (χ0v) is 16.5. The average Bonchev–Trinajstić information content (AvgIpc) is 2.72. The molecule has 152 valence electrons. The van der Waals surface area contributed by atoms with Gasteiger partial charge in [-0.25, -0.2) is 0 Å². The van der Waals surface area contributed by atoms with Crippen LogP contribution in [0.3, 0.4) is 0 Å². The van der Waals surface area contributed by atoms with Gasteiger partial charge in [0.25, 0.3) is 17.5 Å². The van der Waals surface area contributed by atoms with Gasteiger partial charge in [0.15, 0.2) is 5.11 Å². The molecule has 10 heteroatoms. The molecule has 0 unspecified atom stereocenters. The molecule has 0 bridgehead atoms. The van der Waals surface area contributed by atoms with Crippen LogP contribution in [0, 0.1) is 10.1 Å². The van der Waals surface area contributed by atoms with E-state index in [1.54, 1.807) is 24.3 Å². The van der Waals surface area contributed by atoms with Gasteiger partial charge in [-0.3, -0.25) is 35.9 Å². The number of carbonyl (C=O) groups is 2. The van der Waals surface area contributed by atoms with Crippen LogP contribution in [0.15, 0.2) is 48.5 Å². The van der Waals surface area contributed by atoms with Crippen molar-refractivity contribution in [1.29, 1.82) is 0 Å². The number of hydrogen-bond donors (Lipinski definition) is 3. The smallest absolute Gasteiger partial charge is 0.282 e. The van der Waals surface area contributed by atoms with Crippen molar-refractivity contribution in [3.8, 4) is 5.75 Å². The fourth-order valence-electron chi connectivity index (χ4n) is 2.25. The zero-order valence-electron chi connectivity index (χ0n) is 15.6. The molecule has 0 saturated heterocycles. The van der Waals surface area contributed by atoms with E-state index in [4.69, 9.17) is 17.0 Å². The molecule has 29 heavy (non-hydrogen) atoms. The fraction of sp³-hybridized carbons (Fsp3) is 0.211. The molecule has 3 N–H and O–H groups in total. The number of nitrogens with one attached hydrogen (secondary N) is 3. The van der Waals surface area contributed by atoms with Crippen molar-refractivity contribution in [1.82, 2.24) is 16.2 Å². The minimum atomic E-state index is -0.762. The Morgan fingerprint density at radius 2 is 1.76 bits per heavy atom. The van der Waals surface area contributed by atoms with Crippen molar-refractivity contribution < 1.29 is 19.2 Å². The van der Waals surface area contributed by atoms with Crippen LogP contribution in [0.1, 0.15) is 40.5 Å². The van der Waals surface area contributed by atoms with Crippen molar-refractivity contribution in [3.63, 3.8) is 0 Å². The number of rotatable bonds is 7. The van der Waals surface area contributed by atoms with Gasteiger partial charge in [-0.15, -0.1) is 0 Å². The third-order valence-corrected chi connectivity index (χ3v) is 3.95. The highest BCUT2D eigenvalue weighted by atomic mass is 32.1. The molecule has 2 aromatic rings. The van der Waals surface area contributed by atoms with Crippen LogP contribution in [0.4, 0.5) is 5.69 Å². The van der Waals surface area contributed by atoms with Crippen LogP contribution in [-0.2, 0) is 0 Å². The van der Waals surface area contributed by atoms with Crippen molar-refractivity contribution in [2.24, 2.45) is 0 Å². The fourth-order valence-corrected chi connectivity index (χ4v) is 2.39. The van der Waals surface area contributed by atoms with E-state index in [1.807, 2.05) is 0 Å². The van der Waals surface area contributed by atoms with Gasteiger partial charge in [0, 0.05) is 11.6 Å². The molecule has 0 radical (unpaired) electrons. The maximum absolute atomic E-state index is 12.2. The molecule has 2 amide bonds. The molecule has 0 atom stereocenters. The lowest BCUT2D eigenvalue weighted by Gasteiger charge is -2.11. The molecule has 0 aliphatic carbocycles. The second kappa shape index (κ2) is 10.7. The van der Waals surface area contributed by atoms with Gasteiger partial charge < -0.3 is 4.74 Å². The lowest BCUT2D eigenvalue weighted by atomic mass is 10.2. The van der Waals surface area contributed by atoms with Crippen molar-refractivity contribution in [2.45, 2.75) is 19.8 Å². The normalized spacial score (nSPS) is 9.97. The van der Waals surface area contributed by atoms with Crippen LogP contribution in [0.25, 0.3) is 0 Å². The molecule has 0 fully saturated rings. The number of nitro groups is 1. The SMILES string of the molecule is CCCCOc1ccc(C(=O)NC(=S)NNC(=O)c2ccccc2[N+](=O)[O-])cc1. The summed E-state index contributed by atoms with van der Waals surface area (Å²) in [6.07, 6.45) is 1.97. The maximum atomic E-state index is 12.2. The highest BCUT2D eigenvalue weighted by Crippen LogP contribution is 2.17. The van der Waals surface area contributed by atoms with Gasteiger partial charge in [0.05, 0.1) is 11.5 Å². The minimum Gasteiger partial charge on any atom is -0.494 e. The van der Waals surface area contributed by atoms with E-state index in [9.17, 15) is 19.7 Å². The topological polar surface area (TPSA) is 123 Å². The first-order valence-corrected chi connectivity index (χ1v) is 9.21. The second-order valence-corrected chi connectivity index (χ2v) is 6.27. The van der Waals surface area contributed by atoms with Crippen molar-refractivity contribution in [3.05, 3.63) is 69.8 Å². The summed E-state index contributed by atoms with van der Waals surface area (Å²) in [5, 5.41) is 13.2. The van der Waals surface area contributed by atoms with Crippen molar-refractivity contribution in [2.75, 3.05) is 6.61 Å². The van der Waals surface area contributed by atoms with E-state index >= 15 is 0 Å². The zero-order chi connectivity index (χ0) is 21.2. The highest BCUT2D eigenvalue weighted by Gasteiger charge is 2.19. The van der Waals surface area contributed by atoms with Crippen LogP contribution in [0.5, 0.6) is 5.75 Å². The van der Waals surface area contributed by atoms with E-state index in [0.717, 1.165) is 12.8 Å². The molecule has 2 aromatic carbocycles. The Morgan fingerprint density at radius 3 is 2.41 bits per heavy atom. The van der Waals surface area contributed by atoms with Gasteiger partial charge in [-0.2, -0.15) is 0 Å². The molecule has 0 spiro atoms. The molecule has 0 aromatic heterocycles. The number of thiocarbonyl (C=S) groups is 1. The summed E-state index contributed by atoms with van der Waals surface area (Å²) in [7, 11) is 0. The summed E-state index contributed by atoms with van der Waals surface area (Å²) in [5.41, 5.74) is 4.43. The first kappa shape index (κ1) is 21.8. The Morgan fingerprint density at radius 1 is 1.07 bits per heavy atom. The first-order chi connectivity index (χ1) is 13.9. The van der Waals surface area contributed by atoms with E-state index in [-0.39, 0.29) is 16.4 Å². The number of unbranched alkanes of at least 4 members (excludes halogenated alkanes) is 1. The monoisotopic (exact) mass is 416 g/mol. The van der Waals surface area contributed by atoms with Crippen LogP contribution < -0.4 is 20.9 Å². The quantitative estimate of drug-likeness (QED) is 0.274. The maximum Gasteiger partial charge on any atom is 0.282 e. The Labute approximate surface area is 172 Å². The van der Waals surface area contributed by atoms with Gasteiger partial charge in [0.1, 0.15) is 11.3 Å². The number of nitro benzene ring substituents is 1. The third kappa shape index (κ3) is 6.54. The lowest BCUT2D eigenvalue weighted by Crippen LogP contribution is -2.48. The molecule has 2 rings (SSSR count). The molecule has 0 heterocycles. The van der Waals surface area contributed by atoms with Gasteiger partial charge in [-0.05, 0) is 49.0 Å². The summed E-state index contributed by atoms with van der Waals surface area (Å²) in [6.45, 7) is 2.67. The highest BCUT2D eigenvalue weighted by molar-refractivity contribution is 7.80. The van der Waals surface area contributed by atoms with Crippen LogP contribution >= 0.6 is 12.2 Å².